The molecular formula is C30H24N4O. The zero-order valence-corrected chi connectivity index (χ0v) is 19.6. The number of rotatable bonds is 5. The van der Waals surface area contributed by atoms with E-state index >= 15 is 0 Å². The highest BCUT2D eigenvalue weighted by Crippen LogP contribution is 2.27. The molecule has 0 saturated heterocycles. The topological polar surface area (TPSA) is 66.7 Å². The van der Waals surface area contributed by atoms with Crippen LogP contribution >= 0.6 is 0 Å². The Kier molecular flexibility index (Phi) is 6.14. The fraction of sp³-hybridized carbons (Fsp3) is 0.0667. The molecule has 5 rings (SSSR count). The number of pyridine rings is 1. The van der Waals surface area contributed by atoms with Crippen LogP contribution in [0.3, 0.4) is 0 Å². The van der Waals surface area contributed by atoms with Gasteiger partial charge in [0.25, 0.3) is 5.91 Å². The first kappa shape index (κ1) is 22.2. The minimum Gasteiger partial charge on any atom is -0.322 e. The molecule has 0 spiro atoms. The molecule has 1 heterocycles. The molecule has 1 amide bonds. The molecule has 0 fully saturated rings. The summed E-state index contributed by atoms with van der Waals surface area (Å²) in [6.07, 6.45) is 0. The molecule has 0 aliphatic carbocycles. The van der Waals surface area contributed by atoms with Gasteiger partial charge in [0.1, 0.15) is 0 Å². The molecule has 4 aromatic carbocycles. The number of fused-ring (bicyclic) bond motifs is 1. The van der Waals surface area contributed by atoms with Crippen LogP contribution in [0.4, 0.5) is 17.1 Å². The Hall–Kier alpha value is -4.64. The van der Waals surface area contributed by atoms with Gasteiger partial charge >= 0.3 is 0 Å². The molecule has 0 unspecified atom stereocenters. The average molecular weight is 457 g/mol. The first-order chi connectivity index (χ1) is 17.1. The van der Waals surface area contributed by atoms with Gasteiger partial charge in [-0.15, -0.1) is 0 Å². The normalized spacial score (nSPS) is 11.1. The van der Waals surface area contributed by atoms with Crippen LogP contribution in [-0.2, 0) is 0 Å². The van der Waals surface area contributed by atoms with Crippen molar-refractivity contribution in [2.75, 3.05) is 5.32 Å². The van der Waals surface area contributed by atoms with E-state index in [9.17, 15) is 4.79 Å². The highest BCUT2D eigenvalue weighted by Gasteiger charge is 2.14. The summed E-state index contributed by atoms with van der Waals surface area (Å²) in [4.78, 5) is 18.2. The molecule has 5 aromatic rings. The lowest BCUT2D eigenvalue weighted by atomic mass is 10.0. The van der Waals surface area contributed by atoms with E-state index in [1.807, 2.05) is 91.0 Å². The second-order valence-electron chi connectivity index (χ2n) is 8.41. The van der Waals surface area contributed by atoms with Crippen molar-refractivity contribution in [1.82, 2.24) is 4.98 Å². The van der Waals surface area contributed by atoms with Crippen LogP contribution < -0.4 is 5.32 Å². The molecule has 0 saturated carbocycles. The van der Waals surface area contributed by atoms with Gasteiger partial charge in [0, 0.05) is 16.6 Å². The van der Waals surface area contributed by atoms with Crippen LogP contribution in [0.2, 0.25) is 0 Å². The quantitative estimate of drug-likeness (QED) is 0.271. The summed E-state index contributed by atoms with van der Waals surface area (Å²) >= 11 is 0. The van der Waals surface area contributed by atoms with E-state index in [0.717, 1.165) is 27.8 Å². The van der Waals surface area contributed by atoms with Gasteiger partial charge in [-0.3, -0.25) is 4.79 Å². The third kappa shape index (κ3) is 4.99. The molecule has 0 bridgehead atoms. The Balaban J connectivity index is 1.42. The minimum absolute atomic E-state index is 0.188. The maximum atomic E-state index is 13.3. The maximum absolute atomic E-state index is 13.3. The van der Waals surface area contributed by atoms with E-state index in [2.05, 4.69) is 41.5 Å². The zero-order chi connectivity index (χ0) is 24.2. The molecule has 1 aromatic heterocycles. The number of carbonyl (C=O) groups excluding carboxylic acids is 1. The first-order valence-electron chi connectivity index (χ1n) is 11.4. The lowest BCUT2D eigenvalue weighted by Gasteiger charge is -2.12. The third-order valence-corrected chi connectivity index (χ3v) is 5.93. The van der Waals surface area contributed by atoms with Crippen molar-refractivity contribution in [3.63, 3.8) is 0 Å². The average Bonchev–Trinajstić information content (AvgIpc) is 2.90. The lowest BCUT2D eigenvalue weighted by Crippen LogP contribution is -2.13. The van der Waals surface area contributed by atoms with Crippen molar-refractivity contribution in [2.24, 2.45) is 10.2 Å². The Labute approximate surface area is 204 Å². The molecule has 35 heavy (non-hydrogen) atoms. The number of aryl methyl sites for hydroxylation is 2. The van der Waals surface area contributed by atoms with Crippen LogP contribution in [0.25, 0.3) is 22.2 Å². The number of anilines is 1. The van der Waals surface area contributed by atoms with Crippen LogP contribution in [-0.4, -0.2) is 10.9 Å². The van der Waals surface area contributed by atoms with Gasteiger partial charge in [0.15, 0.2) is 0 Å². The molecule has 0 aliphatic heterocycles. The fourth-order valence-corrected chi connectivity index (χ4v) is 3.83. The number of nitrogens with one attached hydrogen (secondary N) is 1. The summed E-state index contributed by atoms with van der Waals surface area (Å²) < 4.78 is 0. The van der Waals surface area contributed by atoms with Gasteiger partial charge in [-0.2, -0.15) is 10.2 Å². The second-order valence-corrected chi connectivity index (χ2v) is 8.41. The van der Waals surface area contributed by atoms with Gasteiger partial charge in [0.05, 0.1) is 28.1 Å². The Morgan fingerprint density at radius 3 is 2.14 bits per heavy atom. The Morgan fingerprint density at radius 1 is 0.714 bits per heavy atom. The summed E-state index contributed by atoms with van der Waals surface area (Å²) in [6.45, 7) is 4.16. The van der Waals surface area contributed by atoms with E-state index in [-0.39, 0.29) is 5.91 Å². The van der Waals surface area contributed by atoms with Crippen molar-refractivity contribution >= 4 is 33.9 Å². The number of hydrogen-bond donors (Lipinski definition) is 1. The van der Waals surface area contributed by atoms with Crippen LogP contribution in [0, 0.1) is 13.8 Å². The van der Waals surface area contributed by atoms with Gasteiger partial charge in [0.2, 0.25) is 0 Å². The zero-order valence-electron chi connectivity index (χ0n) is 19.6. The maximum Gasteiger partial charge on any atom is 0.256 e. The van der Waals surface area contributed by atoms with Crippen molar-refractivity contribution < 1.29 is 4.79 Å². The van der Waals surface area contributed by atoms with E-state index < -0.39 is 0 Å². The number of azo groups is 1. The van der Waals surface area contributed by atoms with Gasteiger partial charge in [-0.1, -0.05) is 48.5 Å². The minimum atomic E-state index is -0.188. The SMILES string of the molecule is Cc1ccc(-c2cc(C(=O)Nc3ccc(N=Nc4ccccc4)cc3)c3ccccc3n2)cc1C. The molecule has 0 radical (unpaired) electrons. The van der Waals surface area contributed by atoms with Crippen molar-refractivity contribution in [3.8, 4) is 11.3 Å². The molecule has 0 aliphatic rings. The molecule has 0 atom stereocenters. The van der Waals surface area contributed by atoms with Crippen molar-refractivity contribution in [1.29, 1.82) is 0 Å². The largest absolute Gasteiger partial charge is 0.322 e. The van der Waals surface area contributed by atoms with Gasteiger partial charge < -0.3 is 5.32 Å². The van der Waals surface area contributed by atoms with Crippen LogP contribution in [0.1, 0.15) is 21.5 Å². The Morgan fingerprint density at radius 2 is 1.40 bits per heavy atom. The number of benzene rings is 4. The molecule has 5 heteroatoms. The van der Waals surface area contributed by atoms with Crippen LogP contribution in [0.5, 0.6) is 0 Å². The number of para-hydroxylation sites is 1. The van der Waals surface area contributed by atoms with E-state index in [4.69, 9.17) is 4.98 Å². The summed E-state index contributed by atoms with van der Waals surface area (Å²) in [5.41, 5.74) is 7.71. The highest BCUT2D eigenvalue weighted by atomic mass is 16.1. The van der Waals surface area contributed by atoms with Crippen LogP contribution in [0.15, 0.2) is 113 Å². The smallest absolute Gasteiger partial charge is 0.256 e. The van der Waals surface area contributed by atoms with E-state index in [0.29, 0.717) is 16.9 Å². The number of aromatic nitrogens is 1. The van der Waals surface area contributed by atoms with Gasteiger partial charge in [-0.05, 0) is 79.6 Å². The third-order valence-electron chi connectivity index (χ3n) is 5.93. The first-order valence-corrected chi connectivity index (χ1v) is 11.4. The second kappa shape index (κ2) is 9.69. The standard InChI is InChI=1S/C30H24N4O/c1-20-12-13-22(18-21(20)2)29-19-27(26-10-6-7-11-28(26)32-29)30(35)31-23-14-16-25(17-15-23)34-33-24-8-4-3-5-9-24/h3-19H,1-2H3,(H,31,35). The van der Waals surface area contributed by atoms with E-state index in [1.165, 1.54) is 11.1 Å². The lowest BCUT2D eigenvalue weighted by molar-refractivity contribution is 0.102. The van der Waals surface area contributed by atoms with Crippen molar-refractivity contribution in [2.45, 2.75) is 13.8 Å². The predicted octanol–water partition coefficient (Wildman–Crippen LogP) is 8.19. The number of amides is 1. The summed E-state index contributed by atoms with van der Waals surface area (Å²) in [7, 11) is 0. The monoisotopic (exact) mass is 456 g/mol. The van der Waals surface area contributed by atoms with E-state index in [1.54, 1.807) is 0 Å². The number of hydrogen-bond acceptors (Lipinski definition) is 4. The summed E-state index contributed by atoms with van der Waals surface area (Å²) in [6, 6.07) is 32.7. The van der Waals surface area contributed by atoms with Gasteiger partial charge in [-0.25, -0.2) is 4.98 Å². The summed E-state index contributed by atoms with van der Waals surface area (Å²) in [5, 5.41) is 12.3. The molecular weight excluding hydrogens is 432 g/mol. The Bertz CT molecular complexity index is 1540. The highest BCUT2D eigenvalue weighted by molar-refractivity contribution is 6.13. The molecule has 170 valence electrons. The summed E-state index contributed by atoms with van der Waals surface area (Å²) in [5.74, 6) is -0.188. The van der Waals surface area contributed by atoms with Crippen molar-refractivity contribution in [3.05, 3.63) is 120 Å². The number of carbonyl (C=O) groups is 1. The predicted molar refractivity (Wildman–Crippen MR) is 142 cm³/mol. The molecule has 1 N–H and O–H groups in total. The fourth-order valence-electron chi connectivity index (χ4n) is 3.83. The molecule has 5 nitrogen and oxygen atoms in total. The number of nitrogens with zero attached hydrogens (tertiary/aromatic N) is 3.